The number of imidazole rings is 1. The van der Waals surface area contributed by atoms with Gasteiger partial charge in [0, 0.05) is 69.6 Å². The zero-order valence-electron chi connectivity index (χ0n) is 48.8. The smallest absolute Gasteiger partial charge is 0.407 e. The molecular weight excluding hydrogens is 1120 g/mol. The van der Waals surface area contributed by atoms with Crippen molar-refractivity contribution in [2.24, 2.45) is 5.41 Å². The lowest BCUT2D eigenvalue weighted by atomic mass is 9.84. The van der Waals surface area contributed by atoms with Crippen molar-refractivity contribution in [2.75, 3.05) is 104 Å². The van der Waals surface area contributed by atoms with E-state index in [1.165, 1.54) is 22.9 Å². The van der Waals surface area contributed by atoms with Gasteiger partial charge in [-0.05, 0) is 75.6 Å². The second-order valence-corrected chi connectivity index (χ2v) is 22.9. The number of thioether (sulfide) groups is 1. The number of benzene rings is 2. The number of alkyl carbamates (subject to hydrolysis) is 1. The van der Waals surface area contributed by atoms with Crippen LogP contribution in [0.2, 0.25) is 0 Å². The van der Waals surface area contributed by atoms with Gasteiger partial charge in [0.1, 0.15) is 42.3 Å². The highest BCUT2D eigenvalue weighted by Crippen LogP contribution is 2.40. The fraction of sp³-hybridized carbons (Fsp3) is 0.596. The minimum absolute atomic E-state index is 0.0743. The lowest BCUT2D eigenvalue weighted by Gasteiger charge is -2.40. The molecule has 0 saturated carbocycles. The predicted octanol–water partition coefficient (Wildman–Crippen LogP) is 4.17. The van der Waals surface area contributed by atoms with E-state index in [-0.39, 0.29) is 88.3 Å². The molecule has 0 radical (unpaired) electrons. The van der Waals surface area contributed by atoms with Gasteiger partial charge in [-0.25, -0.2) is 23.4 Å². The van der Waals surface area contributed by atoms with Gasteiger partial charge < -0.3 is 69.9 Å². The van der Waals surface area contributed by atoms with E-state index in [0.29, 0.717) is 51.9 Å². The van der Waals surface area contributed by atoms with Crippen LogP contribution < -0.4 is 26.6 Å². The van der Waals surface area contributed by atoms with E-state index >= 15 is 4.39 Å². The Balaban J connectivity index is 1.11. The number of aliphatic hydroxyl groups is 1. The first-order chi connectivity index (χ1) is 40.0. The second kappa shape index (κ2) is 36.2. The molecule has 3 unspecified atom stereocenters. The molecule has 84 heavy (non-hydrogen) atoms. The number of nitrogens with zero attached hydrogens (tertiary/aromatic N) is 4. The zero-order valence-corrected chi connectivity index (χ0v) is 49.7. The first-order valence-electron chi connectivity index (χ1n) is 28.0. The van der Waals surface area contributed by atoms with Crippen LogP contribution in [0, 0.1) is 17.0 Å². The van der Waals surface area contributed by atoms with Gasteiger partial charge in [-0.2, -0.15) is 0 Å². The molecule has 3 atom stereocenters. The summed E-state index contributed by atoms with van der Waals surface area (Å²) in [5.74, 6) is -4.20. The van der Waals surface area contributed by atoms with Crippen molar-refractivity contribution in [3.63, 3.8) is 0 Å². The van der Waals surface area contributed by atoms with Crippen LogP contribution in [0.1, 0.15) is 97.5 Å². The highest BCUT2D eigenvalue weighted by molar-refractivity contribution is 8.00. The van der Waals surface area contributed by atoms with Crippen molar-refractivity contribution >= 4 is 59.4 Å². The number of hydrogen-bond donors (Lipinski definition) is 7. The standard InChI is InChI=1S/C57H83F2N9O15S/c1-56(2,3)50(51-64-44(41-33-40(58)15-16-42(41)59)36-66(51)35-39-13-9-7-10-14-39)67(49(73)38-69)23-17-43(65-54(76)77)52(74)62-22-21-61-47(71)37-68-48(72)34-45(53(68)75)84-32-31-82-30-29-81-28-27-80-26-25-79-24-18-46(70)60-19-11-8-12-20-63-55(78)83-57(4,5)6/h7,9-10,13-16,33,36,43,45,50,65,69H,8,11-12,17-32,34-35,37-38H2,1-6H3,(H,60,70)(H,61,71)(H,62,74)(H,63,78)(H,76,77). The molecular formula is C57H83F2N9O15S. The molecule has 466 valence electrons. The molecule has 8 amide bonds. The third-order valence-electron chi connectivity index (χ3n) is 12.5. The zero-order chi connectivity index (χ0) is 61.7. The molecule has 0 aliphatic carbocycles. The molecule has 1 aromatic heterocycles. The monoisotopic (exact) mass is 1200 g/mol. The van der Waals surface area contributed by atoms with E-state index < -0.39 is 94.9 Å². The molecule has 1 fully saturated rings. The van der Waals surface area contributed by atoms with Gasteiger partial charge in [-0.3, -0.25) is 33.7 Å². The van der Waals surface area contributed by atoms with Crippen molar-refractivity contribution in [2.45, 2.75) is 110 Å². The minimum Gasteiger partial charge on any atom is -0.465 e. The Kier molecular flexibility index (Phi) is 30.0. The van der Waals surface area contributed by atoms with Crippen LogP contribution in [0.5, 0.6) is 0 Å². The molecule has 27 heteroatoms. The summed E-state index contributed by atoms with van der Waals surface area (Å²) >= 11 is 1.23. The predicted molar refractivity (Wildman–Crippen MR) is 306 cm³/mol. The second-order valence-electron chi connectivity index (χ2n) is 21.6. The Morgan fingerprint density at radius 3 is 2.04 bits per heavy atom. The van der Waals surface area contributed by atoms with Gasteiger partial charge in [0.05, 0.1) is 69.8 Å². The van der Waals surface area contributed by atoms with E-state index in [9.17, 15) is 53.0 Å². The van der Waals surface area contributed by atoms with Crippen LogP contribution in [-0.4, -0.2) is 199 Å². The molecule has 24 nitrogen and oxygen atoms in total. The number of imide groups is 1. The minimum atomic E-state index is -1.55. The van der Waals surface area contributed by atoms with Gasteiger partial charge in [-0.1, -0.05) is 51.1 Å². The maximum absolute atomic E-state index is 15.2. The van der Waals surface area contributed by atoms with Crippen molar-refractivity contribution < 1.29 is 81.0 Å². The highest BCUT2D eigenvalue weighted by Gasteiger charge is 2.41. The van der Waals surface area contributed by atoms with Crippen LogP contribution >= 0.6 is 11.8 Å². The number of likely N-dealkylation sites (tertiary alicyclic amines) is 1. The number of unbranched alkanes of at least 4 members (excludes halogenated alkanes) is 2. The van der Waals surface area contributed by atoms with Gasteiger partial charge in [0.25, 0.3) is 0 Å². The Labute approximate surface area is 493 Å². The molecule has 7 N–H and O–H groups in total. The fourth-order valence-corrected chi connectivity index (χ4v) is 9.66. The number of rotatable bonds is 38. The van der Waals surface area contributed by atoms with E-state index in [0.717, 1.165) is 47.9 Å². The number of amides is 8. The normalized spacial score (nSPS) is 14.2. The van der Waals surface area contributed by atoms with Crippen LogP contribution in [0.25, 0.3) is 11.3 Å². The van der Waals surface area contributed by atoms with Crippen LogP contribution in [0.15, 0.2) is 54.7 Å². The summed E-state index contributed by atoms with van der Waals surface area (Å²) < 4.78 is 58.5. The van der Waals surface area contributed by atoms with Crippen LogP contribution in [0.4, 0.5) is 18.4 Å². The van der Waals surface area contributed by atoms with E-state index in [1.54, 1.807) is 46.1 Å². The number of ether oxygens (including phenoxy) is 5. The lowest BCUT2D eigenvalue weighted by Crippen LogP contribution is -2.51. The van der Waals surface area contributed by atoms with Crippen LogP contribution in [-0.2, 0) is 59.0 Å². The van der Waals surface area contributed by atoms with E-state index in [2.05, 4.69) is 26.6 Å². The summed E-state index contributed by atoms with van der Waals surface area (Å²) in [6.45, 7) is 12.4. The largest absolute Gasteiger partial charge is 0.465 e. The SMILES string of the molecule is CC(C)(C)OC(=O)NCCCCCNC(=O)CCOCCOCCOCCOCCSC1CC(=O)N(CC(=O)NCCNC(=O)C(CCN(C(=O)CO)C(c2nc(-c3cc(F)ccc3F)cn2Cc2ccccc2)C(C)(C)C)NC(=O)O)C1=O. The number of carboxylic acid groups (broad SMARTS) is 1. The van der Waals surface area contributed by atoms with E-state index in [4.69, 9.17) is 28.7 Å². The van der Waals surface area contributed by atoms with Gasteiger partial charge in [-0.15, -0.1) is 11.8 Å². The van der Waals surface area contributed by atoms with Gasteiger partial charge >= 0.3 is 12.2 Å². The quantitative estimate of drug-likeness (QED) is 0.0313. The summed E-state index contributed by atoms with van der Waals surface area (Å²) in [6.07, 6.45) is 1.81. The first kappa shape index (κ1) is 69.7. The summed E-state index contributed by atoms with van der Waals surface area (Å²) in [5, 5.41) is 32.0. The molecule has 0 bridgehead atoms. The summed E-state index contributed by atoms with van der Waals surface area (Å²) in [7, 11) is 0. The van der Waals surface area contributed by atoms with Crippen molar-refractivity contribution in [1.82, 2.24) is 45.9 Å². The summed E-state index contributed by atoms with van der Waals surface area (Å²) in [4.78, 5) is 108. The number of nitrogens with one attached hydrogen (secondary N) is 5. The third-order valence-corrected chi connectivity index (χ3v) is 13.7. The molecule has 4 rings (SSSR count). The number of hydrogen-bond acceptors (Lipinski definition) is 16. The number of halogens is 2. The molecule has 1 saturated heterocycles. The molecule has 3 aromatic rings. The average molecular weight is 1200 g/mol. The average Bonchev–Trinajstić information content (AvgIpc) is 2.10. The number of carbonyl (C=O) groups is 8. The number of aromatic nitrogens is 2. The Hall–Kier alpha value is -6.78. The molecule has 1 aliphatic heterocycles. The lowest BCUT2D eigenvalue weighted by molar-refractivity contribution is -0.142. The third kappa shape index (κ3) is 25.6. The first-order valence-corrected chi connectivity index (χ1v) is 29.0. The topological polar surface area (TPSA) is 308 Å². The number of carbonyl (C=O) groups excluding carboxylic acids is 7. The van der Waals surface area contributed by atoms with Crippen LogP contribution in [0.3, 0.4) is 0 Å². The number of aliphatic hydroxyl groups excluding tert-OH is 1. The summed E-state index contributed by atoms with van der Waals surface area (Å²) in [6, 6.07) is 9.73. The molecule has 2 aromatic carbocycles. The maximum atomic E-state index is 15.2. The van der Waals surface area contributed by atoms with Crippen molar-refractivity contribution in [1.29, 1.82) is 0 Å². The fourth-order valence-electron chi connectivity index (χ4n) is 8.63. The van der Waals surface area contributed by atoms with E-state index in [1.807, 2.05) is 30.3 Å². The van der Waals surface area contributed by atoms with Crippen molar-refractivity contribution in [3.05, 3.63) is 77.8 Å². The Bertz CT molecular complexity index is 2600. The maximum Gasteiger partial charge on any atom is 0.407 e. The Morgan fingerprint density at radius 1 is 0.786 bits per heavy atom. The van der Waals surface area contributed by atoms with Gasteiger partial charge in [0.15, 0.2) is 0 Å². The summed E-state index contributed by atoms with van der Waals surface area (Å²) in [5.41, 5.74) is -0.625. The Morgan fingerprint density at radius 2 is 1.40 bits per heavy atom. The van der Waals surface area contributed by atoms with Gasteiger partial charge in [0.2, 0.25) is 35.4 Å². The molecule has 1 aliphatic rings. The van der Waals surface area contributed by atoms with Crippen molar-refractivity contribution in [3.8, 4) is 11.3 Å². The highest BCUT2D eigenvalue weighted by atomic mass is 32.2. The molecule has 0 spiro atoms. The molecule has 2 heterocycles.